The zero-order valence-corrected chi connectivity index (χ0v) is 10.1. The van der Waals surface area contributed by atoms with Crippen LogP contribution in [0, 0.1) is 0 Å². The van der Waals surface area contributed by atoms with Crippen molar-refractivity contribution in [3.8, 4) is 0 Å². The molecule has 1 unspecified atom stereocenters. The van der Waals surface area contributed by atoms with Crippen LogP contribution >= 0.6 is 11.6 Å². The summed E-state index contributed by atoms with van der Waals surface area (Å²) in [7, 11) is 1.84. The van der Waals surface area contributed by atoms with Crippen LogP contribution in [0.4, 0.5) is 5.69 Å². The monoisotopic (exact) mass is 255 g/mol. The van der Waals surface area contributed by atoms with Gasteiger partial charge < -0.3 is 15.5 Å². The summed E-state index contributed by atoms with van der Waals surface area (Å²) in [5, 5.41) is 26.7. The maximum absolute atomic E-state index is 9.26. The molecule has 0 fully saturated rings. The molecule has 0 aliphatic rings. The molecular formula is C11H14ClN3O2. The summed E-state index contributed by atoms with van der Waals surface area (Å²) >= 11 is 6.08. The van der Waals surface area contributed by atoms with E-state index in [1.54, 1.807) is 10.7 Å². The van der Waals surface area contributed by atoms with Crippen LogP contribution in [0.3, 0.4) is 0 Å². The first-order valence-corrected chi connectivity index (χ1v) is 5.63. The molecule has 0 amide bonds. The quantitative estimate of drug-likeness (QED) is 0.762. The highest BCUT2D eigenvalue weighted by atomic mass is 35.5. The summed E-state index contributed by atoms with van der Waals surface area (Å²) < 4.78 is 1.72. The van der Waals surface area contributed by atoms with Gasteiger partial charge in [0.2, 0.25) is 0 Å². The smallest absolute Gasteiger partial charge is 0.0942 e. The van der Waals surface area contributed by atoms with E-state index in [2.05, 4.69) is 10.4 Å². The summed E-state index contributed by atoms with van der Waals surface area (Å²) in [5.74, 6) is 0. The molecule has 0 radical (unpaired) electrons. The number of anilines is 1. The number of nitrogens with one attached hydrogen (secondary N) is 1. The van der Waals surface area contributed by atoms with E-state index in [1.165, 1.54) is 0 Å². The van der Waals surface area contributed by atoms with Gasteiger partial charge in [0.05, 0.1) is 28.9 Å². The first-order chi connectivity index (χ1) is 8.10. The number of halogens is 1. The second-order valence-corrected chi connectivity index (χ2v) is 4.32. The van der Waals surface area contributed by atoms with Crippen LogP contribution < -0.4 is 5.32 Å². The van der Waals surface area contributed by atoms with Gasteiger partial charge in [0.25, 0.3) is 0 Å². The first kappa shape index (κ1) is 12.2. The maximum Gasteiger partial charge on any atom is 0.0942 e. The van der Waals surface area contributed by atoms with E-state index in [0.717, 1.165) is 16.6 Å². The average molecular weight is 256 g/mol. The van der Waals surface area contributed by atoms with Gasteiger partial charge in [0, 0.05) is 25.2 Å². The summed E-state index contributed by atoms with van der Waals surface area (Å²) in [4.78, 5) is 0. The van der Waals surface area contributed by atoms with E-state index < -0.39 is 6.10 Å². The van der Waals surface area contributed by atoms with Crippen molar-refractivity contribution in [3.05, 3.63) is 23.4 Å². The Kier molecular flexibility index (Phi) is 3.51. The zero-order valence-electron chi connectivity index (χ0n) is 9.39. The molecule has 17 heavy (non-hydrogen) atoms. The van der Waals surface area contributed by atoms with Crippen molar-refractivity contribution in [2.24, 2.45) is 7.05 Å². The van der Waals surface area contributed by atoms with Crippen molar-refractivity contribution in [2.45, 2.75) is 6.10 Å². The average Bonchev–Trinajstić information content (AvgIpc) is 2.64. The lowest BCUT2D eigenvalue weighted by atomic mass is 10.2. The Labute approximate surface area is 104 Å². The third kappa shape index (κ3) is 2.69. The van der Waals surface area contributed by atoms with E-state index in [4.69, 9.17) is 16.7 Å². The zero-order chi connectivity index (χ0) is 12.4. The Bertz CT molecular complexity index is 527. The Balaban J connectivity index is 2.24. The topological polar surface area (TPSA) is 70.3 Å². The minimum Gasteiger partial charge on any atom is -0.394 e. The summed E-state index contributed by atoms with van der Waals surface area (Å²) in [6.07, 6.45) is 1.09. The van der Waals surface area contributed by atoms with Gasteiger partial charge in [-0.15, -0.1) is 0 Å². The van der Waals surface area contributed by atoms with E-state index in [0.29, 0.717) is 5.02 Å². The van der Waals surface area contributed by atoms with E-state index in [1.807, 2.05) is 19.3 Å². The van der Waals surface area contributed by atoms with Crippen LogP contribution in [-0.2, 0) is 7.05 Å². The maximum atomic E-state index is 9.26. The molecule has 1 aromatic carbocycles. The molecule has 1 aromatic heterocycles. The highest BCUT2D eigenvalue weighted by Crippen LogP contribution is 2.27. The van der Waals surface area contributed by atoms with Crippen LogP contribution in [-0.4, -0.2) is 39.2 Å². The highest BCUT2D eigenvalue weighted by molar-refractivity contribution is 6.34. The molecule has 0 aliphatic carbocycles. The molecule has 2 aromatic rings. The Morgan fingerprint density at radius 2 is 2.29 bits per heavy atom. The number of aryl methyl sites for hydroxylation is 1. The molecular weight excluding hydrogens is 242 g/mol. The number of aromatic nitrogens is 2. The fourth-order valence-electron chi connectivity index (χ4n) is 1.60. The van der Waals surface area contributed by atoms with Crippen LogP contribution in [0.25, 0.3) is 10.9 Å². The molecule has 0 bridgehead atoms. The van der Waals surface area contributed by atoms with Crippen molar-refractivity contribution in [3.63, 3.8) is 0 Å². The number of aliphatic hydroxyl groups is 2. The predicted molar refractivity (Wildman–Crippen MR) is 67.3 cm³/mol. The summed E-state index contributed by atoms with van der Waals surface area (Å²) in [6.45, 7) is -0.0260. The third-order valence-corrected chi connectivity index (χ3v) is 2.76. The van der Waals surface area contributed by atoms with Crippen molar-refractivity contribution in [2.75, 3.05) is 18.5 Å². The molecule has 0 aliphatic heterocycles. The molecule has 1 atom stereocenters. The van der Waals surface area contributed by atoms with Gasteiger partial charge in [-0.2, -0.15) is 5.10 Å². The fraction of sp³-hybridized carbons (Fsp3) is 0.364. The molecule has 0 spiro atoms. The number of rotatable bonds is 4. The minimum absolute atomic E-state index is 0.252. The van der Waals surface area contributed by atoms with Gasteiger partial charge in [0.1, 0.15) is 0 Å². The van der Waals surface area contributed by atoms with Gasteiger partial charge in [-0.3, -0.25) is 4.68 Å². The van der Waals surface area contributed by atoms with Crippen LogP contribution in [0.1, 0.15) is 0 Å². The molecule has 3 N–H and O–H groups in total. The number of nitrogens with zero attached hydrogens (tertiary/aromatic N) is 2. The molecule has 6 heteroatoms. The predicted octanol–water partition coefficient (Wildman–Crippen LogP) is 0.992. The van der Waals surface area contributed by atoms with Crippen molar-refractivity contribution in [1.82, 2.24) is 9.78 Å². The molecule has 5 nitrogen and oxygen atoms in total. The number of hydrogen-bond acceptors (Lipinski definition) is 4. The molecule has 2 rings (SSSR count). The highest BCUT2D eigenvalue weighted by Gasteiger charge is 2.07. The Hall–Kier alpha value is -1.30. The van der Waals surface area contributed by atoms with Crippen LogP contribution in [0.2, 0.25) is 5.02 Å². The number of fused-ring (bicyclic) bond motifs is 1. The van der Waals surface area contributed by atoms with Crippen molar-refractivity contribution in [1.29, 1.82) is 0 Å². The second kappa shape index (κ2) is 4.91. The Morgan fingerprint density at radius 3 is 3.00 bits per heavy atom. The molecule has 0 saturated heterocycles. The van der Waals surface area contributed by atoms with Gasteiger partial charge in [-0.1, -0.05) is 11.6 Å². The molecule has 92 valence electrons. The standard InChI is InChI=1S/C11H14ClN3O2/c1-15-5-7-2-11(13-4-8(17)6-16)9(12)3-10(7)14-15/h2-3,5,8,13,16-17H,4,6H2,1H3. The fourth-order valence-corrected chi connectivity index (χ4v) is 1.82. The number of aliphatic hydroxyl groups excluding tert-OH is 2. The number of benzene rings is 1. The minimum atomic E-state index is -0.796. The van der Waals surface area contributed by atoms with Crippen molar-refractivity contribution < 1.29 is 10.2 Å². The van der Waals surface area contributed by atoms with Gasteiger partial charge in [-0.25, -0.2) is 0 Å². The van der Waals surface area contributed by atoms with Gasteiger partial charge >= 0.3 is 0 Å². The van der Waals surface area contributed by atoms with Gasteiger partial charge in [-0.05, 0) is 12.1 Å². The van der Waals surface area contributed by atoms with E-state index in [-0.39, 0.29) is 13.2 Å². The van der Waals surface area contributed by atoms with Crippen molar-refractivity contribution >= 4 is 28.2 Å². The summed E-state index contributed by atoms with van der Waals surface area (Å²) in [6, 6.07) is 3.64. The van der Waals surface area contributed by atoms with Crippen LogP contribution in [0.5, 0.6) is 0 Å². The van der Waals surface area contributed by atoms with E-state index >= 15 is 0 Å². The number of hydrogen-bond donors (Lipinski definition) is 3. The molecule has 1 heterocycles. The largest absolute Gasteiger partial charge is 0.394 e. The lowest BCUT2D eigenvalue weighted by molar-refractivity contribution is 0.105. The van der Waals surface area contributed by atoms with E-state index in [9.17, 15) is 5.11 Å². The normalized spacial score (nSPS) is 12.9. The first-order valence-electron chi connectivity index (χ1n) is 5.26. The summed E-state index contributed by atoms with van der Waals surface area (Å²) in [5.41, 5.74) is 1.55. The lowest BCUT2D eigenvalue weighted by Crippen LogP contribution is -2.23. The molecule has 0 saturated carbocycles. The second-order valence-electron chi connectivity index (χ2n) is 3.91. The van der Waals surface area contributed by atoms with Crippen LogP contribution in [0.15, 0.2) is 18.3 Å². The SMILES string of the molecule is Cn1cc2cc(NCC(O)CO)c(Cl)cc2n1. The van der Waals surface area contributed by atoms with Gasteiger partial charge in [0.15, 0.2) is 0 Å². The lowest BCUT2D eigenvalue weighted by Gasteiger charge is -2.11. The Morgan fingerprint density at radius 1 is 1.53 bits per heavy atom. The third-order valence-electron chi connectivity index (χ3n) is 2.45.